The molecule has 2 heterocycles. The molecule has 0 aromatic carbocycles. The summed E-state index contributed by atoms with van der Waals surface area (Å²) in [6.07, 6.45) is 2.78. The van der Waals surface area contributed by atoms with Gasteiger partial charge in [-0.2, -0.15) is 0 Å². The first-order valence-electron chi connectivity index (χ1n) is 9.09. The van der Waals surface area contributed by atoms with E-state index in [-0.39, 0.29) is 5.91 Å². The molecule has 0 radical (unpaired) electrons. The highest BCUT2D eigenvalue weighted by Gasteiger charge is 2.32. The molecular formula is C18H31N3O4. The van der Waals surface area contributed by atoms with E-state index < -0.39 is 11.4 Å². The normalized spacial score (nSPS) is 22.4. The van der Waals surface area contributed by atoms with Gasteiger partial charge in [0.05, 0.1) is 25.2 Å². The summed E-state index contributed by atoms with van der Waals surface area (Å²) in [5.41, 5.74) is -0.745. The maximum absolute atomic E-state index is 12.3. The molecule has 2 fully saturated rings. The third-order valence-electron chi connectivity index (χ3n) is 5.28. The quantitative estimate of drug-likeness (QED) is 0.642. The number of carboxylic acids is 1. The predicted octanol–water partition coefficient (Wildman–Crippen LogP) is 0.520. The number of piperazine rings is 1. The number of nitrogens with zero attached hydrogens (tertiary/aromatic N) is 3. The number of rotatable bonds is 8. The number of aliphatic carboxylic acids is 1. The SMILES string of the molecule is C=CCC(C)(CCN1CCN(CC(=O)N2CCOCC2)CC1)C(=O)O. The van der Waals surface area contributed by atoms with Crippen LogP contribution in [0.1, 0.15) is 19.8 Å². The van der Waals surface area contributed by atoms with Crippen molar-refractivity contribution in [2.75, 3.05) is 65.6 Å². The summed E-state index contributed by atoms with van der Waals surface area (Å²) in [6, 6.07) is 0. The van der Waals surface area contributed by atoms with Crippen molar-refractivity contribution in [3.63, 3.8) is 0 Å². The number of carbonyl (C=O) groups excluding carboxylic acids is 1. The Labute approximate surface area is 150 Å². The molecule has 1 atom stereocenters. The van der Waals surface area contributed by atoms with Crippen LogP contribution in [0, 0.1) is 5.41 Å². The fourth-order valence-corrected chi connectivity index (χ4v) is 3.29. The standard InChI is InChI=1S/C18H31N3O4/c1-3-4-18(2,17(23)24)5-6-19-7-9-20(10-8-19)15-16(22)21-11-13-25-14-12-21/h3H,1,4-15H2,2H3,(H,23,24). The van der Waals surface area contributed by atoms with Crippen molar-refractivity contribution < 1.29 is 19.4 Å². The van der Waals surface area contributed by atoms with E-state index in [1.54, 1.807) is 13.0 Å². The van der Waals surface area contributed by atoms with Crippen LogP contribution in [0.3, 0.4) is 0 Å². The summed E-state index contributed by atoms with van der Waals surface area (Å²) in [5.74, 6) is -0.580. The predicted molar refractivity (Wildman–Crippen MR) is 95.5 cm³/mol. The van der Waals surface area contributed by atoms with E-state index >= 15 is 0 Å². The number of amides is 1. The lowest BCUT2D eigenvalue weighted by Gasteiger charge is -2.37. The van der Waals surface area contributed by atoms with Gasteiger partial charge in [-0.3, -0.25) is 14.5 Å². The molecule has 7 nitrogen and oxygen atoms in total. The van der Waals surface area contributed by atoms with Crippen molar-refractivity contribution in [1.82, 2.24) is 14.7 Å². The van der Waals surface area contributed by atoms with Crippen molar-refractivity contribution in [3.05, 3.63) is 12.7 Å². The fourth-order valence-electron chi connectivity index (χ4n) is 3.29. The molecule has 1 N–H and O–H groups in total. The largest absolute Gasteiger partial charge is 0.481 e. The molecule has 25 heavy (non-hydrogen) atoms. The molecule has 0 spiro atoms. The molecule has 0 aromatic heterocycles. The smallest absolute Gasteiger partial charge is 0.309 e. The molecule has 2 aliphatic heterocycles. The minimum absolute atomic E-state index is 0.182. The molecule has 142 valence electrons. The lowest BCUT2D eigenvalue weighted by atomic mass is 9.83. The molecule has 2 saturated heterocycles. The summed E-state index contributed by atoms with van der Waals surface area (Å²) in [7, 11) is 0. The van der Waals surface area contributed by atoms with Gasteiger partial charge >= 0.3 is 5.97 Å². The highest BCUT2D eigenvalue weighted by atomic mass is 16.5. The molecule has 7 heteroatoms. The maximum atomic E-state index is 12.3. The van der Waals surface area contributed by atoms with E-state index in [0.29, 0.717) is 45.7 Å². The number of carboxylic acid groups (broad SMARTS) is 1. The van der Waals surface area contributed by atoms with Crippen LogP contribution < -0.4 is 0 Å². The average Bonchev–Trinajstić information content (AvgIpc) is 2.62. The zero-order valence-corrected chi connectivity index (χ0v) is 15.3. The van der Waals surface area contributed by atoms with Gasteiger partial charge in [0.2, 0.25) is 5.91 Å². The number of morpholine rings is 1. The number of ether oxygens (including phenoxy) is 1. The van der Waals surface area contributed by atoms with Crippen molar-refractivity contribution in [2.24, 2.45) is 5.41 Å². The second-order valence-corrected chi connectivity index (χ2v) is 7.22. The van der Waals surface area contributed by atoms with Gasteiger partial charge in [-0.15, -0.1) is 6.58 Å². The van der Waals surface area contributed by atoms with E-state index in [1.165, 1.54) is 0 Å². The van der Waals surface area contributed by atoms with Crippen LogP contribution in [0.4, 0.5) is 0 Å². The summed E-state index contributed by atoms with van der Waals surface area (Å²) < 4.78 is 5.28. The summed E-state index contributed by atoms with van der Waals surface area (Å²) in [6.45, 7) is 12.8. The lowest BCUT2D eigenvalue weighted by Crippen LogP contribution is -2.52. The lowest BCUT2D eigenvalue weighted by molar-refractivity contribution is -0.148. The Morgan fingerprint density at radius 2 is 1.72 bits per heavy atom. The van der Waals surface area contributed by atoms with E-state index in [2.05, 4.69) is 16.4 Å². The molecule has 1 unspecified atom stereocenters. The molecular weight excluding hydrogens is 322 g/mol. The second-order valence-electron chi connectivity index (χ2n) is 7.22. The van der Waals surface area contributed by atoms with Gasteiger partial charge < -0.3 is 19.6 Å². The van der Waals surface area contributed by atoms with Crippen LogP contribution in [0.2, 0.25) is 0 Å². The minimum atomic E-state index is -0.762. The van der Waals surface area contributed by atoms with Crippen molar-refractivity contribution >= 4 is 11.9 Å². The van der Waals surface area contributed by atoms with E-state index in [1.807, 2.05) is 4.90 Å². The Kier molecular flexibility index (Phi) is 7.40. The van der Waals surface area contributed by atoms with Crippen molar-refractivity contribution in [3.8, 4) is 0 Å². The zero-order valence-electron chi connectivity index (χ0n) is 15.3. The van der Waals surface area contributed by atoms with Gasteiger partial charge in [-0.25, -0.2) is 0 Å². The molecule has 0 bridgehead atoms. The Balaban J connectivity index is 1.71. The van der Waals surface area contributed by atoms with Gasteiger partial charge in [0.1, 0.15) is 0 Å². The maximum Gasteiger partial charge on any atom is 0.309 e. The van der Waals surface area contributed by atoms with Crippen LogP contribution in [0.5, 0.6) is 0 Å². The first kappa shape index (κ1) is 19.9. The van der Waals surface area contributed by atoms with Crippen LogP contribution in [0.15, 0.2) is 12.7 Å². The highest BCUT2D eigenvalue weighted by molar-refractivity contribution is 5.78. The van der Waals surface area contributed by atoms with Gasteiger partial charge in [0.25, 0.3) is 0 Å². The van der Waals surface area contributed by atoms with E-state index in [0.717, 1.165) is 32.7 Å². The molecule has 2 aliphatic rings. The summed E-state index contributed by atoms with van der Waals surface area (Å²) in [4.78, 5) is 30.1. The highest BCUT2D eigenvalue weighted by Crippen LogP contribution is 2.27. The summed E-state index contributed by atoms with van der Waals surface area (Å²) in [5, 5.41) is 9.43. The first-order valence-corrected chi connectivity index (χ1v) is 9.09. The number of hydrogen-bond acceptors (Lipinski definition) is 5. The fraction of sp³-hybridized carbons (Fsp3) is 0.778. The van der Waals surface area contributed by atoms with Crippen molar-refractivity contribution in [2.45, 2.75) is 19.8 Å². The first-order chi connectivity index (χ1) is 11.9. The Hall–Kier alpha value is -1.44. The van der Waals surface area contributed by atoms with Crippen LogP contribution >= 0.6 is 0 Å². The van der Waals surface area contributed by atoms with Crippen LogP contribution in [0.25, 0.3) is 0 Å². The minimum Gasteiger partial charge on any atom is -0.481 e. The monoisotopic (exact) mass is 353 g/mol. The zero-order chi connectivity index (χ0) is 18.3. The van der Waals surface area contributed by atoms with E-state index in [4.69, 9.17) is 4.74 Å². The van der Waals surface area contributed by atoms with E-state index in [9.17, 15) is 14.7 Å². The number of allylic oxidation sites excluding steroid dienone is 1. The topological polar surface area (TPSA) is 73.3 Å². The van der Waals surface area contributed by atoms with Crippen molar-refractivity contribution in [1.29, 1.82) is 0 Å². The number of carbonyl (C=O) groups is 2. The van der Waals surface area contributed by atoms with Gasteiger partial charge in [-0.05, 0) is 26.3 Å². The Morgan fingerprint density at radius 1 is 1.12 bits per heavy atom. The van der Waals surface area contributed by atoms with Crippen LogP contribution in [-0.4, -0.2) is 97.3 Å². The van der Waals surface area contributed by atoms with Gasteiger partial charge in [0, 0.05) is 39.3 Å². The molecule has 0 aliphatic carbocycles. The third kappa shape index (κ3) is 5.80. The Bertz CT molecular complexity index is 471. The number of hydrogen-bond donors (Lipinski definition) is 1. The average molecular weight is 353 g/mol. The third-order valence-corrected chi connectivity index (χ3v) is 5.28. The molecule has 2 rings (SSSR count). The summed E-state index contributed by atoms with van der Waals surface area (Å²) >= 11 is 0. The van der Waals surface area contributed by atoms with Crippen LogP contribution in [-0.2, 0) is 14.3 Å². The van der Waals surface area contributed by atoms with Gasteiger partial charge in [0.15, 0.2) is 0 Å². The molecule has 0 saturated carbocycles. The molecule has 1 amide bonds. The molecule has 0 aromatic rings. The second kappa shape index (κ2) is 9.31. The van der Waals surface area contributed by atoms with Gasteiger partial charge in [-0.1, -0.05) is 6.08 Å². The Morgan fingerprint density at radius 3 is 2.28 bits per heavy atom.